The number of aliphatic hydroxyl groups excluding tert-OH is 1. The molecule has 0 bridgehead atoms. The predicted molar refractivity (Wildman–Crippen MR) is 64.1 cm³/mol. The summed E-state index contributed by atoms with van der Waals surface area (Å²) in [5, 5.41) is 10.2. The van der Waals surface area contributed by atoms with Crippen LogP contribution in [0.5, 0.6) is 0 Å². The number of aliphatic hydroxyl groups is 1. The summed E-state index contributed by atoms with van der Waals surface area (Å²) in [6.45, 7) is 12.2. The van der Waals surface area contributed by atoms with E-state index in [2.05, 4.69) is 6.58 Å². The zero-order chi connectivity index (χ0) is 12.4. The molecule has 0 spiro atoms. The summed E-state index contributed by atoms with van der Waals surface area (Å²) in [5.74, 6) is -0.497. The molecule has 0 unspecified atom stereocenters. The third-order valence-corrected chi connectivity index (χ3v) is 3.59. The Hall–Kier alpha value is -0.380. The fraction of sp³-hybridized carbons (Fsp3) is 0.846. The highest BCUT2D eigenvalue weighted by Crippen LogP contribution is 2.35. The lowest BCUT2D eigenvalue weighted by Gasteiger charge is -2.32. The maximum Gasteiger partial charge on any atom is 0.168 e. The molecule has 16 heavy (non-hydrogen) atoms. The lowest BCUT2D eigenvalue weighted by molar-refractivity contribution is -0.186. The molecular formula is C13H24O3. The van der Waals surface area contributed by atoms with E-state index in [1.54, 1.807) is 6.08 Å². The van der Waals surface area contributed by atoms with Crippen molar-refractivity contribution in [3.63, 3.8) is 0 Å². The monoisotopic (exact) mass is 228 g/mol. The van der Waals surface area contributed by atoms with Crippen molar-refractivity contribution < 1.29 is 14.6 Å². The quantitative estimate of drug-likeness (QED) is 0.735. The van der Waals surface area contributed by atoms with E-state index in [1.807, 2.05) is 27.7 Å². The van der Waals surface area contributed by atoms with Gasteiger partial charge in [0.25, 0.3) is 0 Å². The average molecular weight is 228 g/mol. The van der Waals surface area contributed by atoms with Crippen molar-refractivity contribution >= 4 is 0 Å². The molecule has 1 saturated heterocycles. The molecule has 3 heteroatoms. The minimum absolute atomic E-state index is 0.257. The first-order valence-electron chi connectivity index (χ1n) is 6.04. The minimum atomic E-state index is -0.579. The van der Waals surface area contributed by atoms with Crippen LogP contribution in [-0.2, 0) is 9.47 Å². The number of ether oxygens (including phenoxy) is 2. The molecule has 1 N–H and O–H groups in total. The summed E-state index contributed by atoms with van der Waals surface area (Å²) in [4.78, 5) is 0. The zero-order valence-electron chi connectivity index (χ0n) is 10.8. The summed E-state index contributed by atoms with van der Waals surface area (Å²) >= 11 is 0. The molecule has 1 fully saturated rings. The van der Waals surface area contributed by atoms with Gasteiger partial charge >= 0.3 is 0 Å². The lowest BCUT2D eigenvalue weighted by Crippen LogP contribution is -2.41. The van der Waals surface area contributed by atoms with E-state index in [0.29, 0.717) is 6.61 Å². The fourth-order valence-corrected chi connectivity index (χ4v) is 1.95. The molecule has 1 aliphatic heterocycles. The largest absolute Gasteiger partial charge is 0.389 e. The highest BCUT2D eigenvalue weighted by atomic mass is 16.7. The van der Waals surface area contributed by atoms with E-state index < -0.39 is 11.9 Å². The zero-order valence-corrected chi connectivity index (χ0v) is 10.8. The molecule has 2 atom stereocenters. The van der Waals surface area contributed by atoms with Crippen molar-refractivity contribution in [3.05, 3.63) is 12.7 Å². The van der Waals surface area contributed by atoms with Crippen LogP contribution in [0.1, 0.15) is 40.5 Å². The minimum Gasteiger partial charge on any atom is -0.389 e. The van der Waals surface area contributed by atoms with E-state index in [0.717, 1.165) is 12.8 Å². The maximum atomic E-state index is 10.2. The van der Waals surface area contributed by atoms with Crippen LogP contribution < -0.4 is 0 Å². The second-order valence-electron chi connectivity index (χ2n) is 5.06. The van der Waals surface area contributed by atoms with Crippen molar-refractivity contribution in [2.45, 2.75) is 58.5 Å². The Labute approximate surface area is 98.4 Å². The first-order valence-corrected chi connectivity index (χ1v) is 6.04. The van der Waals surface area contributed by atoms with Gasteiger partial charge < -0.3 is 14.6 Å². The van der Waals surface area contributed by atoms with Crippen LogP contribution in [0.2, 0.25) is 0 Å². The normalized spacial score (nSPS) is 26.7. The van der Waals surface area contributed by atoms with Gasteiger partial charge in [-0.25, -0.2) is 0 Å². The van der Waals surface area contributed by atoms with Crippen molar-refractivity contribution in [1.82, 2.24) is 0 Å². The number of rotatable bonds is 5. The molecular weight excluding hydrogens is 204 g/mol. The molecule has 3 nitrogen and oxygen atoms in total. The summed E-state index contributed by atoms with van der Waals surface area (Å²) < 4.78 is 11.6. The fourth-order valence-electron chi connectivity index (χ4n) is 1.95. The molecule has 1 rings (SSSR count). The van der Waals surface area contributed by atoms with Gasteiger partial charge in [-0.2, -0.15) is 0 Å². The van der Waals surface area contributed by atoms with E-state index in [-0.39, 0.29) is 11.5 Å². The molecule has 1 aliphatic rings. The summed E-state index contributed by atoms with van der Waals surface area (Å²) in [7, 11) is 0. The van der Waals surface area contributed by atoms with Gasteiger partial charge in [0, 0.05) is 5.41 Å². The third kappa shape index (κ3) is 2.47. The van der Waals surface area contributed by atoms with Gasteiger partial charge in [-0.15, -0.1) is 6.58 Å². The third-order valence-electron chi connectivity index (χ3n) is 3.59. The van der Waals surface area contributed by atoms with E-state index in [1.165, 1.54) is 0 Å². The van der Waals surface area contributed by atoms with Gasteiger partial charge in [-0.3, -0.25) is 0 Å². The Bertz CT molecular complexity index is 244. The predicted octanol–water partition coefficient (Wildman–Crippen LogP) is 2.49. The first-order chi connectivity index (χ1) is 7.40. The maximum absolute atomic E-state index is 10.2. The summed E-state index contributed by atoms with van der Waals surface area (Å²) in [6.07, 6.45) is 2.54. The SMILES string of the molecule is C=CC(C)(C)[C@H](O)[C@H]1COC(CC)(CC)O1. The topological polar surface area (TPSA) is 38.7 Å². The Morgan fingerprint density at radius 3 is 2.44 bits per heavy atom. The van der Waals surface area contributed by atoms with Crippen molar-refractivity contribution in [2.24, 2.45) is 5.41 Å². The molecule has 1 heterocycles. The molecule has 0 aromatic rings. The number of hydrogen-bond donors (Lipinski definition) is 1. The summed E-state index contributed by atoms with van der Waals surface area (Å²) in [6, 6.07) is 0. The highest BCUT2D eigenvalue weighted by molar-refractivity contribution is 4.98. The molecule has 0 amide bonds. The molecule has 0 aliphatic carbocycles. The first kappa shape index (κ1) is 13.7. The highest BCUT2D eigenvalue weighted by Gasteiger charge is 2.44. The second-order valence-corrected chi connectivity index (χ2v) is 5.06. The van der Waals surface area contributed by atoms with Crippen LogP contribution in [0.4, 0.5) is 0 Å². The van der Waals surface area contributed by atoms with Gasteiger partial charge in [0.05, 0.1) is 12.7 Å². The van der Waals surface area contributed by atoms with Crippen molar-refractivity contribution in [2.75, 3.05) is 6.61 Å². The Morgan fingerprint density at radius 1 is 1.50 bits per heavy atom. The Balaban J connectivity index is 2.69. The molecule has 0 saturated carbocycles. The van der Waals surface area contributed by atoms with Crippen LogP contribution in [0.25, 0.3) is 0 Å². The summed E-state index contributed by atoms with van der Waals surface area (Å²) in [5.41, 5.74) is -0.356. The van der Waals surface area contributed by atoms with Gasteiger partial charge in [-0.1, -0.05) is 33.8 Å². The van der Waals surface area contributed by atoms with E-state index in [4.69, 9.17) is 9.47 Å². The van der Waals surface area contributed by atoms with Crippen LogP contribution in [0.15, 0.2) is 12.7 Å². The van der Waals surface area contributed by atoms with Crippen LogP contribution >= 0.6 is 0 Å². The average Bonchev–Trinajstić information content (AvgIpc) is 2.73. The van der Waals surface area contributed by atoms with Crippen molar-refractivity contribution in [3.8, 4) is 0 Å². The van der Waals surface area contributed by atoms with Gasteiger partial charge in [0.15, 0.2) is 5.79 Å². The molecule has 0 aromatic heterocycles. The van der Waals surface area contributed by atoms with Gasteiger partial charge in [-0.05, 0) is 12.8 Å². The van der Waals surface area contributed by atoms with Crippen LogP contribution in [0.3, 0.4) is 0 Å². The Morgan fingerprint density at radius 2 is 2.06 bits per heavy atom. The van der Waals surface area contributed by atoms with E-state index >= 15 is 0 Å². The molecule has 0 aromatic carbocycles. The lowest BCUT2D eigenvalue weighted by atomic mass is 9.84. The van der Waals surface area contributed by atoms with Crippen molar-refractivity contribution in [1.29, 1.82) is 0 Å². The number of hydrogen-bond acceptors (Lipinski definition) is 3. The van der Waals surface area contributed by atoms with Crippen LogP contribution in [-0.4, -0.2) is 29.7 Å². The van der Waals surface area contributed by atoms with Gasteiger partial charge in [0.1, 0.15) is 6.10 Å². The molecule has 0 radical (unpaired) electrons. The van der Waals surface area contributed by atoms with Gasteiger partial charge in [0.2, 0.25) is 0 Å². The second kappa shape index (κ2) is 4.86. The Kier molecular flexibility index (Phi) is 4.16. The smallest absolute Gasteiger partial charge is 0.168 e. The van der Waals surface area contributed by atoms with E-state index in [9.17, 15) is 5.11 Å². The van der Waals surface area contributed by atoms with Crippen LogP contribution in [0, 0.1) is 5.41 Å². The standard InChI is InChI=1S/C13H24O3/c1-6-12(4,5)11(14)10-9-15-13(7-2,8-3)16-10/h6,10-11,14H,1,7-9H2,2-5H3/t10-,11-/m1/s1. The molecule has 94 valence electrons.